The van der Waals surface area contributed by atoms with E-state index in [0.717, 1.165) is 18.9 Å². The maximum Gasteiger partial charge on any atom is 0.207 e. The van der Waals surface area contributed by atoms with Crippen molar-refractivity contribution in [3.05, 3.63) is 0 Å². The quantitative estimate of drug-likeness (QED) is 0.501. The number of nitrogens with one attached hydrogen (secondary N) is 1. The zero-order valence-corrected chi connectivity index (χ0v) is 4.18. The molecule has 1 saturated carbocycles. The Kier molecular flexibility index (Phi) is 1.29. The zero-order chi connectivity index (χ0) is 5.11. The molecule has 0 atom stereocenters. The highest BCUT2D eigenvalue weighted by molar-refractivity contribution is 5.45. The molecule has 1 N–H and O–H groups in total. The molecule has 0 spiro atoms. The predicted octanol–water partition coefficient (Wildman–Crippen LogP) is 0.142. The monoisotopic (exact) mass is 99.1 g/mol. The molecule has 0 aromatic heterocycles. The fraction of sp³-hybridized carbons (Fsp3) is 0.800. The molecule has 1 rings (SSSR count). The number of hydrogen-bond donors (Lipinski definition) is 1. The second kappa shape index (κ2) is 1.96. The molecule has 0 saturated heterocycles. The van der Waals surface area contributed by atoms with Gasteiger partial charge in [0.05, 0.1) is 0 Å². The molecule has 1 aliphatic rings. The first-order chi connectivity index (χ1) is 3.43. The minimum absolute atomic E-state index is 0.762. The minimum Gasteiger partial charge on any atom is -0.358 e. The van der Waals surface area contributed by atoms with Crippen LogP contribution >= 0.6 is 0 Å². The molecule has 0 aromatic carbocycles. The Morgan fingerprint density at radius 3 is 2.86 bits per heavy atom. The van der Waals surface area contributed by atoms with Crippen molar-refractivity contribution in [1.29, 1.82) is 0 Å². The Bertz CT molecular complexity index is 68.5. The first-order valence-corrected chi connectivity index (χ1v) is 2.60. The van der Waals surface area contributed by atoms with E-state index in [1.807, 2.05) is 0 Å². The van der Waals surface area contributed by atoms with E-state index in [1.165, 1.54) is 12.8 Å². The summed E-state index contributed by atoms with van der Waals surface area (Å²) in [5.41, 5.74) is 0. The molecule has 1 aliphatic carbocycles. The van der Waals surface area contributed by atoms with Gasteiger partial charge in [0.1, 0.15) is 0 Å². The molecule has 7 heavy (non-hydrogen) atoms. The first-order valence-electron chi connectivity index (χ1n) is 2.60. The van der Waals surface area contributed by atoms with Gasteiger partial charge in [0.15, 0.2) is 0 Å². The highest BCUT2D eigenvalue weighted by atomic mass is 16.1. The van der Waals surface area contributed by atoms with Crippen LogP contribution in [0.1, 0.15) is 12.8 Å². The molecule has 0 aliphatic heterocycles. The van der Waals surface area contributed by atoms with Crippen molar-refractivity contribution in [2.24, 2.45) is 5.92 Å². The zero-order valence-electron chi connectivity index (χ0n) is 4.18. The summed E-state index contributed by atoms with van der Waals surface area (Å²) < 4.78 is 0. The molecule has 0 aromatic rings. The van der Waals surface area contributed by atoms with Gasteiger partial charge in [-0.15, -0.1) is 0 Å². The summed E-state index contributed by atoms with van der Waals surface area (Å²) >= 11 is 0. The highest BCUT2D eigenvalue weighted by Gasteiger charge is 2.19. The number of carbonyl (C=O) groups excluding carboxylic acids is 1. The summed E-state index contributed by atoms with van der Waals surface area (Å²) in [6.45, 7) is 0.892. The largest absolute Gasteiger partial charge is 0.358 e. The van der Waals surface area contributed by atoms with Gasteiger partial charge in [-0.2, -0.15) is 0 Å². The fourth-order valence-electron chi connectivity index (χ4n) is 0.537. The molecular weight excluding hydrogens is 90.1 g/mol. The molecule has 0 unspecified atom stereocenters. The number of amides is 1. The van der Waals surface area contributed by atoms with Crippen LogP contribution < -0.4 is 5.32 Å². The molecule has 0 radical (unpaired) electrons. The fourth-order valence-corrected chi connectivity index (χ4v) is 0.537. The molecule has 2 heteroatoms. The second-order valence-electron chi connectivity index (χ2n) is 1.97. The van der Waals surface area contributed by atoms with E-state index in [0.29, 0.717) is 0 Å². The number of hydrogen-bond acceptors (Lipinski definition) is 1. The lowest BCUT2D eigenvalue weighted by Crippen LogP contribution is -2.13. The van der Waals surface area contributed by atoms with E-state index < -0.39 is 0 Å². The van der Waals surface area contributed by atoms with Gasteiger partial charge in [-0.05, 0) is 18.8 Å². The molecule has 1 amide bonds. The van der Waals surface area contributed by atoms with Crippen molar-refractivity contribution in [1.82, 2.24) is 5.32 Å². The van der Waals surface area contributed by atoms with Crippen molar-refractivity contribution in [3.63, 3.8) is 0 Å². The summed E-state index contributed by atoms with van der Waals surface area (Å²) in [5, 5.41) is 2.63. The van der Waals surface area contributed by atoms with Crippen molar-refractivity contribution in [3.8, 4) is 0 Å². The normalized spacial score (nSPS) is 18.9. The average Bonchev–Trinajstić information content (AvgIpc) is 2.42. The summed E-state index contributed by atoms with van der Waals surface area (Å²) in [5.74, 6) is 0.810. The van der Waals surface area contributed by atoms with Crippen LogP contribution in [-0.4, -0.2) is 13.0 Å². The smallest absolute Gasteiger partial charge is 0.207 e. The van der Waals surface area contributed by atoms with Gasteiger partial charge in [0, 0.05) is 6.54 Å². The van der Waals surface area contributed by atoms with E-state index in [4.69, 9.17) is 0 Å². The van der Waals surface area contributed by atoms with Crippen LogP contribution in [0, 0.1) is 5.92 Å². The maximum atomic E-state index is 9.63. The van der Waals surface area contributed by atoms with Crippen LogP contribution in [0.3, 0.4) is 0 Å². The van der Waals surface area contributed by atoms with Crippen molar-refractivity contribution < 1.29 is 4.79 Å². The lowest BCUT2D eigenvalue weighted by molar-refractivity contribution is -0.109. The topological polar surface area (TPSA) is 29.1 Å². The second-order valence-corrected chi connectivity index (χ2v) is 1.97. The predicted molar refractivity (Wildman–Crippen MR) is 26.8 cm³/mol. The van der Waals surface area contributed by atoms with Gasteiger partial charge < -0.3 is 5.32 Å². The van der Waals surface area contributed by atoms with E-state index in [1.54, 1.807) is 0 Å². The Hall–Kier alpha value is -0.530. The van der Waals surface area contributed by atoms with Crippen LogP contribution in [0.2, 0.25) is 0 Å². The van der Waals surface area contributed by atoms with Gasteiger partial charge in [0.25, 0.3) is 0 Å². The van der Waals surface area contributed by atoms with Crippen LogP contribution in [0.25, 0.3) is 0 Å². The van der Waals surface area contributed by atoms with Crippen LogP contribution in [-0.2, 0) is 4.79 Å². The van der Waals surface area contributed by atoms with E-state index in [9.17, 15) is 4.79 Å². The first kappa shape index (κ1) is 4.62. The summed E-state index contributed by atoms with van der Waals surface area (Å²) in [7, 11) is 0. The van der Waals surface area contributed by atoms with Gasteiger partial charge in [0.2, 0.25) is 6.41 Å². The Morgan fingerprint density at radius 1 is 1.71 bits per heavy atom. The van der Waals surface area contributed by atoms with E-state index in [-0.39, 0.29) is 0 Å². The summed E-state index contributed by atoms with van der Waals surface area (Å²) in [6.07, 6.45) is 3.38. The van der Waals surface area contributed by atoms with Crippen LogP contribution in [0.5, 0.6) is 0 Å². The molecule has 2 nitrogen and oxygen atoms in total. The number of carbonyl (C=O) groups is 1. The lowest BCUT2D eigenvalue weighted by Gasteiger charge is -1.88. The van der Waals surface area contributed by atoms with E-state index >= 15 is 0 Å². The van der Waals surface area contributed by atoms with Crippen LogP contribution in [0.15, 0.2) is 0 Å². The third-order valence-electron chi connectivity index (χ3n) is 1.19. The summed E-state index contributed by atoms with van der Waals surface area (Å²) in [4.78, 5) is 9.63. The number of rotatable bonds is 3. The van der Waals surface area contributed by atoms with Crippen LogP contribution in [0.4, 0.5) is 0 Å². The Labute approximate surface area is 42.9 Å². The maximum absolute atomic E-state index is 9.63. The lowest BCUT2D eigenvalue weighted by atomic mass is 10.4. The minimum atomic E-state index is 0.762. The van der Waals surface area contributed by atoms with Crippen molar-refractivity contribution in [2.75, 3.05) is 6.54 Å². The average molecular weight is 99.1 g/mol. The molecule has 0 heterocycles. The third-order valence-corrected chi connectivity index (χ3v) is 1.19. The Morgan fingerprint density at radius 2 is 2.43 bits per heavy atom. The molecule has 40 valence electrons. The van der Waals surface area contributed by atoms with Crippen molar-refractivity contribution in [2.45, 2.75) is 12.8 Å². The SMILES string of the molecule is O=CNCC1CC1. The Balaban J connectivity index is 1.88. The molecule has 0 bridgehead atoms. The molecule has 1 fully saturated rings. The standard InChI is InChI=1S/C5H9NO/c7-4-6-3-5-1-2-5/h4-5H,1-3H2,(H,6,7). The highest BCUT2D eigenvalue weighted by Crippen LogP contribution is 2.27. The van der Waals surface area contributed by atoms with Gasteiger partial charge in [-0.25, -0.2) is 0 Å². The van der Waals surface area contributed by atoms with Gasteiger partial charge in [-0.3, -0.25) is 4.79 Å². The molecular formula is C5H9NO. The van der Waals surface area contributed by atoms with E-state index in [2.05, 4.69) is 5.32 Å². The van der Waals surface area contributed by atoms with Gasteiger partial charge in [-0.1, -0.05) is 0 Å². The third kappa shape index (κ3) is 1.57. The summed E-state index contributed by atoms with van der Waals surface area (Å²) in [6, 6.07) is 0. The van der Waals surface area contributed by atoms with Gasteiger partial charge >= 0.3 is 0 Å². The van der Waals surface area contributed by atoms with Crippen molar-refractivity contribution >= 4 is 6.41 Å².